The Labute approximate surface area is 104 Å². The Morgan fingerprint density at radius 3 is 2.94 bits per heavy atom. The van der Waals surface area contributed by atoms with Crippen LogP contribution in [0.3, 0.4) is 0 Å². The van der Waals surface area contributed by atoms with Gasteiger partial charge in [0.1, 0.15) is 6.04 Å². The maximum Gasteiger partial charge on any atom is 0.326 e. The molecule has 0 radical (unpaired) electrons. The SMILES string of the molecule is [2H]C([2H])(N)C([2H])([2H])C(=O)N[C@@H](Cc1cncn1C)C(=O)O. The highest BCUT2D eigenvalue weighted by Gasteiger charge is 2.21. The molecule has 17 heavy (non-hydrogen) atoms. The standard InChI is InChI=1S/C10H16N4O3/c1-14-6-12-5-7(14)4-8(10(16)17)13-9(15)2-3-11/h5-6,8H,2-4,11H2,1H3,(H,13,15)(H,16,17)/t8-/m0/s1/i2D2,3D2. The molecule has 7 nitrogen and oxygen atoms in total. The number of imidazole rings is 1. The molecule has 1 amide bonds. The number of nitrogens with one attached hydrogen (secondary N) is 1. The molecule has 0 spiro atoms. The number of carboxylic acid groups (broad SMARTS) is 1. The van der Waals surface area contributed by atoms with E-state index in [0.29, 0.717) is 5.69 Å². The molecule has 0 fully saturated rings. The molecular formula is C10H16N4O3. The fourth-order valence-electron chi connectivity index (χ4n) is 1.25. The fourth-order valence-corrected chi connectivity index (χ4v) is 1.25. The molecular weight excluding hydrogens is 224 g/mol. The van der Waals surface area contributed by atoms with Crippen LogP contribution in [-0.4, -0.2) is 39.1 Å². The maximum absolute atomic E-state index is 11.7. The minimum absolute atomic E-state index is 0.124. The van der Waals surface area contributed by atoms with Crippen molar-refractivity contribution in [3.63, 3.8) is 0 Å². The van der Waals surface area contributed by atoms with Crippen molar-refractivity contribution in [3.8, 4) is 0 Å². The molecule has 0 bridgehead atoms. The molecule has 4 N–H and O–H groups in total. The van der Waals surface area contributed by atoms with Gasteiger partial charge in [-0.05, 0) is 0 Å². The predicted octanol–water partition coefficient (Wildman–Crippen LogP) is -1.12. The van der Waals surface area contributed by atoms with Crippen molar-refractivity contribution in [1.82, 2.24) is 14.9 Å². The average molecular weight is 244 g/mol. The second-order valence-electron chi connectivity index (χ2n) is 3.33. The molecule has 1 aromatic rings. The lowest BCUT2D eigenvalue weighted by Crippen LogP contribution is -2.43. The third-order valence-corrected chi connectivity index (χ3v) is 2.12. The van der Waals surface area contributed by atoms with Crippen LogP contribution in [0.4, 0.5) is 0 Å². The third-order valence-electron chi connectivity index (χ3n) is 2.12. The Bertz CT molecular complexity index is 541. The van der Waals surface area contributed by atoms with E-state index in [2.05, 4.69) is 4.98 Å². The summed E-state index contributed by atoms with van der Waals surface area (Å²) in [4.78, 5) is 26.7. The van der Waals surface area contributed by atoms with Crippen molar-refractivity contribution >= 4 is 11.9 Å². The van der Waals surface area contributed by atoms with Crippen molar-refractivity contribution in [2.75, 3.05) is 6.50 Å². The van der Waals surface area contributed by atoms with Crippen LogP contribution in [0.25, 0.3) is 0 Å². The monoisotopic (exact) mass is 244 g/mol. The van der Waals surface area contributed by atoms with Gasteiger partial charge in [0.25, 0.3) is 0 Å². The Kier molecular flexibility index (Phi) is 2.91. The summed E-state index contributed by atoms with van der Waals surface area (Å²) in [6.45, 7) is -2.94. The van der Waals surface area contributed by atoms with Gasteiger partial charge in [0.05, 0.1) is 6.33 Å². The van der Waals surface area contributed by atoms with E-state index in [1.165, 1.54) is 12.5 Å². The number of aromatic nitrogens is 2. The topological polar surface area (TPSA) is 110 Å². The maximum atomic E-state index is 11.7. The van der Waals surface area contributed by atoms with Crippen LogP contribution in [0.1, 0.15) is 17.5 Å². The van der Waals surface area contributed by atoms with Crippen molar-refractivity contribution in [1.29, 1.82) is 0 Å². The van der Waals surface area contributed by atoms with Gasteiger partial charge in [0.2, 0.25) is 5.91 Å². The van der Waals surface area contributed by atoms with Crippen molar-refractivity contribution < 1.29 is 20.2 Å². The molecule has 7 heteroatoms. The van der Waals surface area contributed by atoms with Gasteiger partial charge in [0.15, 0.2) is 0 Å². The summed E-state index contributed by atoms with van der Waals surface area (Å²) in [5.41, 5.74) is 5.48. The van der Waals surface area contributed by atoms with Gasteiger partial charge in [0, 0.05) is 43.7 Å². The van der Waals surface area contributed by atoms with Crippen LogP contribution in [-0.2, 0) is 23.1 Å². The highest BCUT2D eigenvalue weighted by molar-refractivity contribution is 5.83. The van der Waals surface area contributed by atoms with E-state index in [9.17, 15) is 9.59 Å². The Hall–Kier alpha value is -1.89. The average Bonchev–Trinajstić information content (AvgIpc) is 2.72. The molecule has 0 saturated carbocycles. The van der Waals surface area contributed by atoms with E-state index in [1.54, 1.807) is 11.6 Å². The summed E-state index contributed by atoms with van der Waals surface area (Å²) in [6.07, 6.45) is -0.318. The van der Waals surface area contributed by atoms with E-state index in [-0.39, 0.29) is 6.42 Å². The first-order valence-corrected chi connectivity index (χ1v) is 4.74. The van der Waals surface area contributed by atoms with Gasteiger partial charge < -0.3 is 20.7 Å². The van der Waals surface area contributed by atoms with Crippen LogP contribution in [0.5, 0.6) is 0 Å². The first-order chi connectivity index (χ1) is 9.46. The molecule has 0 aliphatic rings. The molecule has 94 valence electrons. The summed E-state index contributed by atoms with van der Waals surface area (Å²) in [5.74, 6) is -2.80. The predicted molar refractivity (Wildman–Crippen MR) is 60.1 cm³/mol. The number of amides is 1. The van der Waals surface area contributed by atoms with Crippen LogP contribution < -0.4 is 11.1 Å². The second kappa shape index (κ2) is 6.00. The molecule has 1 rings (SSSR count). The Balaban J connectivity index is 2.88. The number of hydrogen-bond donors (Lipinski definition) is 3. The number of aryl methyl sites for hydroxylation is 1. The summed E-state index contributed by atoms with van der Waals surface area (Å²) in [5, 5.41) is 11.0. The zero-order chi connectivity index (χ0) is 16.4. The number of rotatable bonds is 6. The van der Waals surface area contributed by atoms with Gasteiger partial charge in [-0.25, -0.2) is 9.78 Å². The van der Waals surface area contributed by atoms with Crippen LogP contribution in [0.15, 0.2) is 12.5 Å². The lowest BCUT2D eigenvalue weighted by Gasteiger charge is -2.14. The lowest BCUT2D eigenvalue weighted by molar-refractivity contribution is -0.141. The molecule has 0 unspecified atom stereocenters. The van der Waals surface area contributed by atoms with Gasteiger partial charge >= 0.3 is 5.97 Å². The molecule has 0 aromatic carbocycles. The van der Waals surface area contributed by atoms with Crippen molar-refractivity contribution in [3.05, 3.63) is 18.2 Å². The molecule has 1 aromatic heterocycles. The lowest BCUT2D eigenvalue weighted by atomic mass is 10.1. The Morgan fingerprint density at radius 1 is 1.76 bits per heavy atom. The zero-order valence-electron chi connectivity index (χ0n) is 13.2. The number of nitrogens with two attached hydrogens (primary N) is 1. The van der Waals surface area contributed by atoms with E-state index in [1.807, 2.05) is 5.32 Å². The van der Waals surface area contributed by atoms with E-state index in [0.717, 1.165) is 0 Å². The van der Waals surface area contributed by atoms with Crippen LogP contribution in [0.2, 0.25) is 0 Å². The summed E-state index contributed by atoms with van der Waals surface area (Å²) in [7, 11) is 1.64. The van der Waals surface area contributed by atoms with Gasteiger partial charge in [-0.3, -0.25) is 4.79 Å². The van der Waals surface area contributed by atoms with E-state index < -0.39 is 30.8 Å². The number of carboxylic acids is 1. The van der Waals surface area contributed by atoms with E-state index >= 15 is 0 Å². The summed E-state index contributed by atoms with van der Waals surface area (Å²) < 4.78 is 30.5. The molecule has 0 aliphatic carbocycles. The molecule has 1 atom stereocenters. The Morgan fingerprint density at radius 2 is 2.47 bits per heavy atom. The van der Waals surface area contributed by atoms with Gasteiger partial charge in [-0.15, -0.1) is 0 Å². The second-order valence-corrected chi connectivity index (χ2v) is 3.33. The number of hydrogen-bond acceptors (Lipinski definition) is 4. The smallest absolute Gasteiger partial charge is 0.326 e. The normalized spacial score (nSPS) is 17.3. The number of carbonyl (C=O) groups excluding carboxylic acids is 1. The van der Waals surface area contributed by atoms with Gasteiger partial charge in [-0.2, -0.15) is 0 Å². The number of aliphatic carboxylic acids is 1. The number of carbonyl (C=O) groups is 2. The number of nitrogens with zero attached hydrogens (tertiary/aromatic N) is 2. The van der Waals surface area contributed by atoms with Crippen LogP contribution in [0, 0.1) is 0 Å². The summed E-state index contributed by atoms with van der Waals surface area (Å²) in [6, 6.07) is -1.43. The van der Waals surface area contributed by atoms with E-state index in [4.69, 9.17) is 16.3 Å². The largest absolute Gasteiger partial charge is 0.480 e. The molecule has 0 aliphatic heterocycles. The first-order valence-electron chi connectivity index (χ1n) is 6.74. The quantitative estimate of drug-likeness (QED) is 0.587. The molecule has 0 saturated heterocycles. The fraction of sp³-hybridized carbons (Fsp3) is 0.500. The third kappa shape index (κ3) is 3.87. The van der Waals surface area contributed by atoms with Gasteiger partial charge in [-0.1, -0.05) is 0 Å². The minimum Gasteiger partial charge on any atom is -0.480 e. The highest BCUT2D eigenvalue weighted by Crippen LogP contribution is 2.02. The van der Waals surface area contributed by atoms with Crippen molar-refractivity contribution in [2.24, 2.45) is 12.8 Å². The minimum atomic E-state index is -3.06. The van der Waals surface area contributed by atoms with Crippen LogP contribution >= 0.6 is 0 Å². The van der Waals surface area contributed by atoms with Crippen molar-refractivity contribution in [2.45, 2.75) is 18.8 Å². The molecule has 1 heterocycles. The zero-order valence-corrected chi connectivity index (χ0v) is 9.17. The first kappa shape index (κ1) is 8.24. The highest BCUT2D eigenvalue weighted by atomic mass is 16.4. The summed E-state index contributed by atoms with van der Waals surface area (Å²) >= 11 is 0.